The van der Waals surface area contributed by atoms with Crippen LogP contribution >= 0.6 is 0 Å². The van der Waals surface area contributed by atoms with Crippen LogP contribution in [0.3, 0.4) is 0 Å². The molecule has 4 aromatic carbocycles. The van der Waals surface area contributed by atoms with Crippen LogP contribution in [0.1, 0.15) is 30.0 Å². The Hall–Kier alpha value is -5.04. The summed E-state index contributed by atoms with van der Waals surface area (Å²) in [4.78, 5) is 10.7. The number of carboxylic acid groups (broad SMARTS) is 2. The van der Waals surface area contributed by atoms with Crippen LogP contribution < -0.4 is 10.2 Å². The van der Waals surface area contributed by atoms with E-state index in [0.29, 0.717) is 0 Å². The molecule has 5 aromatic rings. The van der Waals surface area contributed by atoms with Crippen LogP contribution in [0.5, 0.6) is 0 Å². The lowest BCUT2D eigenvalue weighted by Crippen LogP contribution is -2.09. The topological polar surface area (TPSA) is 98.8 Å². The standard InChI is InChI=1S/C32H29N3O.CH2O3/c1-22-31(33-28-7-6-10-30(21-28)35(2)29-8-4-3-5-9-29)32(36-34-22)27-19-17-26(18-20-27)25-15-13-24(14-16-25)23-11-12-23;2-1(3)4/h3-10,13-21,23,33H,11-12H2,1-2H3;(H2,2,3,4). The van der Waals surface area contributed by atoms with Crippen molar-refractivity contribution in [1.29, 1.82) is 0 Å². The van der Waals surface area contributed by atoms with Crippen LogP contribution in [0, 0.1) is 6.92 Å². The molecule has 1 aliphatic rings. The lowest BCUT2D eigenvalue weighted by molar-refractivity contribution is 0.137. The number of anilines is 4. The summed E-state index contributed by atoms with van der Waals surface area (Å²) in [6.45, 7) is 1.96. The predicted octanol–water partition coefficient (Wildman–Crippen LogP) is 8.93. The number of nitrogens with zero attached hydrogens (tertiary/aromatic N) is 2. The van der Waals surface area contributed by atoms with E-state index >= 15 is 0 Å². The molecule has 7 nitrogen and oxygen atoms in total. The third-order valence-corrected chi connectivity index (χ3v) is 6.95. The number of hydrogen-bond acceptors (Lipinski definition) is 5. The molecule has 0 unspecified atom stereocenters. The van der Waals surface area contributed by atoms with E-state index in [4.69, 9.17) is 19.5 Å². The van der Waals surface area contributed by atoms with E-state index in [-0.39, 0.29) is 0 Å². The first-order chi connectivity index (χ1) is 19.4. The highest BCUT2D eigenvalue weighted by atomic mass is 16.6. The number of aryl methyl sites for hydroxylation is 1. The first-order valence-corrected chi connectivity index (χ1v) is 13.1. The van der Waals surface area contributed by atoms with Crippen molar-refractivity contribution in [3.63, 3.8) is 0 Å². The normalized spacial score (nSPS) is 12.2. The highest BCUT2D eigenvalue weighted by Gasteiger charge is 2.23. The van der Waals surface area contributed by atoms with Gasteiger partial charge in [-0.05, 0) is 72.7 Å². The number of rotatable bonds is 7. The SMILES string of the molecule is Cc1noc(-c2ccc(-c3ccc(C4CC4)cc3)cc2)c1Nc1cccc(N(C)c2ccccc2)c1.O=C(O)O. The van der Waals surface area contributed by atoms with Crippen molar-refractivity contribution in [2.75, 3.05) is 17.3 Å². The number of para-hydroxylation sites is 1. The fourth-order valence-corrected chi connectivity index (χ4v) is 4.63. The Kier molecular flexibility index (Phi) is 7.82. The van der Waals surface area contributed by atoms with Crippen LogP contribution in [0.2, 0.25) is 0 Å². The summed E-state index contributed by atoms with van der Waals surface area (Å²) in [6.07, 6.45) is 0.823. The van der Waals surface area contributed by atoms with Gasteiger partial charge in [-0.15, -0.1) is 0 Å². The molecule has 0 radical (unpaired) electrons. The molecule has 1 heterocycles. The number of aromatic nitrogens is 1. The van der Waals surface area contributed by atoms with Gasteiger partial charge in [-0.3, -0.25) is 0 Å². The summed E-state index contributed by atoms with van der Waals surface area (Å²) in [5.74, 6) is 1.52. The summed E-state index contributed by atoms with van der Waals surface area (Å²) in [6, 6.07) is 36.2. The van der Waals surface area contributed by atoms with Gasteiger partial charge in [0, 0.05) is 29.7 Å². The lowest BCUT2D eigenvalue weighted by atomic mass is 10.0. The summed E-state index contributed by atoms with van der Waals surface area (Å²) < 4.78 is 5.77. The highest BCUT2D eigenvalue weighted by Crippen LogP contribution is 2.41. The maximum Gasteiger partial charge on any atom is 0.503 e. The minimum atomic E-state index is -1.83. The molecule has 7 heteroatoms. The molecule has 6 rings (SSSR count). The molecule has 0 amide bonds. The molecule has 1 aromatic heterocycles. The number of carbonyl (C=O) groups is 1. The Balaban J connectivity index is 0.000000758. The van der Waals surface area contributed by atoms with Gasteiger partial charge < -0.3 is 25.0 Å². The molecule has 0 aliphatic heterocycles. The average molecular weight is 534 g/mol. The van der Waals surface area contributed by atoms with E-state index < -0.39 is 6.16 Å². The lowest BCUT2D eigenvalue weighted by Gasteiger charge is -2.20. The molecule has 0 bridgehead atoms. The number of nitrogens with one attached hydrogen (secondary N) is 1. The van der Waals surface area contributed by atoms with Gasteiger partial charge in [0.05, 0.1) is 0 Å². The third kappa shape index (κ3) is 6.32. The molecule has 0 spiro atoms. The predicted molar refractivity (Wildman–Crippen MR) is 159 cm³/mol. The summed E-state index contributed by atoms with van der Waals surface area (Å²) in [5, 5.41) is 21.8. The van der Waals surface area contributed by atoms with Crippen molar-refractivity contribution < 1.29 is 19.5 Å². The minimum Gasteiger partial charge on any atom is -0.450 e. The molecular weight excluding hydrogens is 502 g/mol. The maximum absolute atomic E-state index is 8.56. The molecule has 0 saturated heterocycles. The van der Waals surface area contributed by atoms with Crippen LogP contribution in [0.25, 0.3) is 22.5 Å². The zero-order valence-electron chi connectivity index (χ0n) is 22.4. The molecule has 1 saturated carbocycles. The van der Waals surface area contributed by atoms with Crippen molar-refractivity contribution >= 4 is 28.9 Å². The van der Waals surface area contributed by atoms with Gasteiger partial charge in [0.25, 0.3) is 0 Å². The Morgan fingerprint density at radius 1 is 0.825 bits per heavy atom. The quantitative estimate of drug-likeness (QED) is 0.192. The zero-order chi connectivity index (χ0) is 28.1. The fourth-order valence-electron chi connectivity index (χ4n) is 4.63. The number of benzene rings is 4. The Morgan fingerprint density at radius 2 is 1.40 bits per heavy atom. The van der Waals surface area contributed by atoms with Gasteiger partial charge >= 0.3 is 6.16 Å². The Labute approximate surface area is 233 Å². The first kappa shape index (κ1) is 26.6. The van der Waals surface area contributed by atoms with Gasteiger partial charge in [-0.25, -0.2) is 4.79 Å². The van der Waals surface area contributed by atoms with E-state index in [9.17, 15) is 0 Å². The van der Waals surface area contributed by atoms with Gasteiger partial charge in [0.2, 0.25) is 0 Å². The molecule has 202 valence electrons. The van der Waals surface area contributed by atoms with Crippen LogP contribution in [0.15, 0.2) is 108 Å². The van der Waals surface area contributed by atoms with E-state index in [2.05, 4.69) is 119 Å². The van der Waals surface area contributed by atoms with Crippen LogP contribution in [0.4, 0.5) is 27.5 Å². The van der Waals surface area contributed by atoms with Gasteiger partial charge in [0.15, 0.2) is 5.76 Å². The van der Waals surface area contributed by atoms with Gasteiger partial charge in [0.1, 0.15) is 11.4 Å². The molecule has 1 aliphatic carbocycles. The monoisotopic (exact) mass is 533 g/mol. The Bertz CT molecular complexity index is 1570. The van der Waals surface area contributed by atoms with E-state index in [1.54, 1.807) is 0 Å². The highest BCUT2D eigenvalue weighted by molar-refractivity contribution is 5.81. The second kappa shape index (κ2) is 11.8. The van der Waals surface area contributed by atoms with Crippen molar-refractivity contribution in [3.8, 4) is 22.5 Å². The van der Waals surface area contributed by atoms with E-state index in [0.717, 1.165) is 45.7 Å². The molecular formula is C33H31N3O4. The molecule has 0 atom stereocenters. The van der Waals surface area contributed by atoms with Crippen molar-refractivity contribution in [2.24, 2.45) is 0 Å². The first-order valence-electron chi connectivity index (χ1n) is 13.1. The summed E-state index contributed by atoms with van der Waals surface area (Å²) in [5.41, 5.74) is 9.81. The second-order valence-electron chi connectivity index (χ2n) is 9.80. The van der Waals surface area contributed by atoms with Gasteiger partial charge in [-0.2, -0.15) is 0 Å². The zero-order valence-corrected chi connectivity index (χ0v) is 22.4. The van der Waals surface area contributed by atoms with E-state index in [1.807, 2.05) is 13.0 Å². The number of hydrogen-bond donors (Lipinski definition) is 3. The maximum atomic E-state index is 8.56. The minimum absolute atomic E-state index is 0.741. The van der Waals surface area contributed by atoms with Crippen molar-refractivity contribution in [3.05, 3.63) is 114 Å². The average Bonchev–Trinajstić information content (AvgIpc) is 3.77. The molecule has 40 heavy (non-hydrogen) atoms. The summed E-state index contributed by atoms with van der Waals surface area (Å²) >= 11 is 0. The molecule has 1 fully saturated rings. The Morgan fingerprint density at radius 3 is 2.02 bits per heavy atom. The van der Waals surface area contributed by atoms with Crippen LogP contribution in [-0.4, -0.2) is 28.6 Å². The summed E-state index contributed by atoms with van der Waals surface area (Å²) in [7, 11) is 2.07. The van der Waals surface area contributed by atoms with Crippen LogP contribution in [-0.2, 0) is 0 Å². The largest absolute Gasteiger partial charge is 0.503 e. The fraction of sp³-hybridized carbons (Fsp3) is 0.152. The third-order valence-electron chi connectivity index (χ3n) is 6.95. The van der Waals surface area contributed by atoms with E-state index in [1.165, 1.54) is 29.5 Å². The van der Waals surface area contributed by atoms with Gasteiger partial charge in [-0.1, -0.05) is 78.0 Å². The smallest absolute Gasteiger partial charge is 0.450 e. The molecule has 3 N–H and O–H groups in total. The van der Waals surface area contributed by atoms with Crippen molar-refractivity contribution in [1.82, 2.24) is 5.16 Å². The second-order valence-corrected chi connectivity index (χ2v) is 9.80. The van der Waals surface area contributed by atoms with Crippen molar-refractivity contribution in [2.45, 2.75) is 25.7 Å².